The van der Waals surface area contributed by atoms with Crippen LogP contribution in [0.5, 0.6) is 5.75 Å². The number of likely N-dealkylation sites (tertiary alicyclic amines) is 1. The number of nitro groups is 1. The number of piperidine rings is 1. The molecule has 0 aliphatic carbocycles. The monoisotopic (exact) mass is 787 g/mol. The van der Waals surface area contributed by atoms with Gasteiger partial charge in [-0.3, -0.25) is 14.8 Å². The number of hydrogen-bond acceptors (Lipinski definition) is 14. The van der Waals surface area contributed by atoms with Crippen LogP contribution in [-0.2, 0) is 23.2 Å². The Morgan fingerprint density at radius 3 is 2.41 bits per heavy atom. The second-order valence-electron chi connectivity index (χ2n) is 13.7. The third-order valence-corrected chi connectivity index (χ3v) is 10.4. The number of aromatic nitrogens is 3. The number of azo groups is 2. The number of aryl methyl sites for hydroxylation is 2. The lowest BCUT2D eigenvalue weighted by atomic mass is 10.1. The molecule has 2 heterocycles. The molecule has 1 aromatic heterocycles. The molecule has 5 rings (SSSR count). The Morgan fingerprint density at radius 1 is 0.982 bits per heavy atom. The molecule has 19 nitrogen and oxygen atoms in total. The molecule has 296 valence electrons. The van der Waals surface area contributed by atoms with E-state index in [4.69, 9.17) is 10.3 Å². The van der Waals surface area contributed by atoms with E-state index >= 15 is 0 Å². The van der Waals surface area contributed by atoms with Crippen LogP contribution in [0, 0.1) is 24.0 Å². The largest absolute Gasteiger partial charge is 0.748 e. The number of methoxy groups -OCH3 is 1. The first kappa shape index (κ1) is 41.3. The Morgan fingerprint density at radius 2 is 1.71 bits per heavy atom. The lowest BCUT2D eigenvalue weighted by Gasteiger charge is -2.41. The van der Waals surface area contributed by atoms with Gasteiger partial charge in [0.1, 0.15) is 23.7 Å². The fourth-order valence-corrected chi connectivity index (χ4v) is 7.20. The number of anilines is 1. The van der Waals surface area contributed by atoms with Gasteiger partial charge in [0.25, 0.3) is 5.69 Å². The quantitative estimate of drug-likeness (QED) is 0.0170. The summed E-state index contributed by atoms with van der Waals surface area (Å²) in [6.45, 7) is 8.41. The standard InChI is InChI=1S/C36H45N13O6S/c1-27-8-13-32(35(22-27)48(50)51)41-42-33-24-36(55-3)34(23-28(33)2)43-39-29-9-11-31(12-10-29)46(15-14-38-44-37)16-17-47-25-30(40-45-47)26-49(18-5-4-6-19-49)20-7-21-56(52,53)54/h8-13,22-25H,4-7,14-21,26H2,1-3H3. The predicted molar refractivity (Wildman–Crippen MR) is 208 cm³/mol. The molecular formula is C36H45N13O6S. The molecule has 0 atom stereocenters. The van der Waals surface area contributed by atoms with E-state index in [1.165, 1.54) is 13.2 Å². The van der Waals surface area contributed by atoms with Crippen molar-refractivity contribution in [2.24, 2.45) is 25.6 Å². The fourth-order valence-electron chi connectivity index (χ4n) is 6.71. The second-order valence-corrected chi connectivity index (χ2v) is 15.3. The molecule has 4 aromatic rings. The third kappa shape index (κ3) is 11.8. The Labute approximate surface area is 324 Å². The van der Waals surface area contributed by atoms with Crippen LogP contribution in [0.3, 0.4) is 0 Å². The van der Waals surface area contributed by atoms with E-state index in [2.05, 4.69) is 45.7 Å². The molecule has 1 aliphatic heterocycles. The Hall–Kier alpha value is -5.82. The number of nitrogens with zero attached hydrogens (tertiary/aromatic N) is 13. The highest BCUT2D eigenvalue weighted by Crippen LogP contribution is 2.37. The van der Waals surface area contributed by atoms with Crippen LogP contribution in [0.1, 0.15) is 42.5 Å². The molecule has 1 aliphatic rings. The molecule has 0 saturated carbocycles. The van der Waals surface area contributed by atoms with Crippen LogP contribution in [0.15, 0.2) is 86.4 Å². The topological polar surface area (TPSA) is 242 Å². The molecule has 56 heavy (non-hydrogen) atoms. The van der Waals surface area contributed by atoms with Gasteiger partial charge < -0.3 is 18.7 Å². The fraction of sp³-hybridized carbons (Fsp3) is 0.444. The number of quaternary nitrogens is 1. The number of hydrogen-bond donors (Lipinski definition) is 0. The highest BCUT2D eigenvalue weighted by molar-refractivity contribution is 7.85. The van der Waals surface area contributed by atoms with Crippen LogP contribution in [0.25, 0.3) is 10.4 Å². The zero-order valence-electron chi connectivity index (χ0n) is 31.6. The predicted octanol–water partition coefficient (Wildman–Crippen LogP) is 7.90. The van der Waals surface area contributed by atoms with Crippen LogP contribution >= 0.6 is 0 Å². The summed E-state index contributed by atoms with van der Waals surface area (Å²) >= 11 is 0. The molecule has 0 unspecified atom stereocenters. The Kier molecular flexibility index (Phi) is 14.1. The van der Waals surface area contributed by atoms with Gasteiger partial charge in [0, 0.05) is 54.5 Å². The minimum absolute atomic E-state index is 0.134. The molecule has 0 amide bonds. The van der Waals surface area contributed by atoms with Gasteiger partial charge >= 0.3 is 0 Å². The molecule has 0 spiro atoms. The van der Waals surface area contributed by atoms with Gasteiger partial charge in [-0.05, 0) is 86.2 Å². The third-order valence-electron chi connectivity index (χ3n) is 9.59. The van der Waals surface area contributed by atoms with Gasteiger partial charge in [-0.1, -0.05) is 16.4 Å². The average Bonchev–Trinajstić information content (AvgIpc) is 3.61. The summed E-state index contributed by atoms with van der Waals surface area (Å²) in [6.07, 6.45) is 5.45. The van der Waals surface area contributed by atoms with E-state index in [1.54, 1.807) is 35.9 Å². The zero-order chi connectivity index (χ0) is 40.1. The van der Waals surface area contributed by atoms with Crippen molar-refractivity contribution in [3.63, 3.8) is 0 Å². The lowest BCUT2D eigenvalue weighted by Crippen LogP contribution is -2.51. The number of azide groups is 1. The summed E-state index contributed by atoms with van der Waals surface area (Å²) < 4.78 is 41.7. The van der Waals surface area contributed by atoms with Gasteiger partial charge in [0.2, 0.25) is 0 Å². The summed E-state index contributed by atoms with van der Waals surface area (Å²) in [4.78, 5) is 16.0. The lowest BCUT2D eigenvalue weighted by molar-refractivity contribution is -0.945. The van der Waals surface area contributed by atoms with Crippen molar-refractivity contribution in [3.05, 3.63) is 98.2 Å². The van der Waals surface area contributed by atoms with E-state index in [9.17, 15) is 23.1 Å². The summed E-state index contributed by atoms with van der Waals surface area (Å²) in [5, 5.41) is 41.2. The first-order valence-corrected chi connectivity index (χ1v) is 19.8. The van der Waals surface area contributed by atoms with E-state index < -0.39 is 15.0 Å². The van der Waals surface area contributed by atoms with Crippen LogP contribution in [0.4, 0.5) is 34.1 Å². The number of nitro benzene ring substituents is 1. The molecular weight excluding hydrogens is 743 g/mol. The van der Waals surface area contributed by atoms with Crippen molar-refractivity contribution in [3.8, 4) is 5.75 Å². The van der Waals surface area contributed by atoms with Crippen molar-refractivity contribution < 1.29 is 27.1 Å². The second kappa shape index (κ2) is 19.2. The number of rotatable bonds is 19. The molecule has 20 heteroatoms. The molecule has 0 bridgehead atoms. The van der Waals surface area contributed by atoms with Crippen molar-refractivity contribution in [2.45, 2.75) is 52.6 Å². The Bertz CT molecular complexity index is 2200. The van der Waals surface area contributed by atoms with Crippen molar-refractivity contribution in [1.29, 1.82) is 0 Å². The van der Waals surface area contributed by atoms with Crippen molar-refractivity contribution >= 4 is 44.2 Å². The van der Waals surface area contributed by atoms with Crippen molar-refractivity contribution in [1.82, 2.24) is 15.0 Å². The van der Waals surface area contributed by atoms with Gasteiger partial charge in [-0.15, -0.1) is 20.4 Å². The molecule has 3 aromatic carbocycles. The highest BCUT2D eigenvalue weighted by atomic mass is 32.2. The minimum Gasteiger partial charge on any atom is -0.748 e. The first-order valence-electron chi connectivity index (χ1n) is 18.2. The minimum atomic E-state index is -4.26. The maximum absolute atomic E-state index is 11.5. The molecule has 0 radical (unpaired) electrons. The average molecular weight is 788 g/mol. The van der Waals surface area contributed by atoms with E-state index in [0.717, 1.165) is 49.3 Å². The number of ether oxygens (including phenoxy) is 1. The normalized spacial score (nSPS) is 14.2. The van der Waals surface area contributed by atoms with E-state index in [-0.39, 0.29) is 23.7 Å². The van der Waals surface area contributed by atoms with Crippen LogP contribution in [-0.4, -0.2) is 89.5 Å². The van der Waals surface area contributed by atoms with Crippen molar-refractivity contribution in [2.75, 3.05) is 57.0 Å². The SMILES string of the molecule is COc1cc(N=Nc2ccc(C)cc2[N+](=O)[O-])c(C)cc1N=Nc1ccc(N(CCN=[N+]=[N-])CCn2cc(C[N+]3(CCCS(=O)(=O)[O-])CCCCC3)nn2)cc1. The summed E-state index contributed by atoms with van der Waals surface area (Å²) in [5.74, 6) is 0.0335. The van der Waals surface area contributed by atoms with E-state index in [1.807, 2.05) is 37.4 Å². The molecule has 0 N–H and O–H groups in total. The van der Waals surface area contributed by atoms with Gasteiger partial charge in [-0.25, -0.2) is 8.42 Å². The summed E-state index contributed by atoms with van der Waals surface area (Å²) in [6, 6.07) is 15.6. The van der Waals surface area contributed by atoms with Gasteiger partial charge in [0.15, 0.2) is 5.69 Å². The van der Waals surface area contributed by atoms with Gasteiger partial charge in [-0.2, -0.15) is 5.11 Å². The molecule has 1 fully saturated rings. The van der Waals surface area contributed by atoms with Gasteiger partial charge in [0.05, 0.1) is 65.9 Å². The maximum Gasteiger partial charge on any atom is 0.296 e. The Balaban J connectivity index is 1.24. The number of benzene rings is 3. The maximum atomic E-state index is 11.5. The first-order chi connectivity index (χ1) is 26.9. The molecule has 1 saturated heterocycles. The van der Waals surface area contributed by atoms with Crippen LogP contribution in [0.2, 0.25) is 0 Å². The summed E-state index contributed by atoms with van der Waals surface area (Å²) in [5.41, 5.74) is 13.5. The smallest absolute Gasteiger partial charge is 0.296 e. The summed E-state index contributed by atoms with van der Waals surface area (Å²) in [7, 11) is -2.76. The highest BCUT2D eigenvalue weighted by Gasteiger charge is 2.31. The van der Waals surface area contributed by atoms with Crippen LogP contribution < -0.4 is 9.64 Å². The zero-order valence-corrected chi connectivity index (χ0v) is 32.5. The van der Waals surface area contributed by atoms with E-state index in [0.29, 0.717) is 72.0 Å².